The number of amides is 1. The summed E-state index contributed by atoms with van der Waals surface area (Å²) in [6, 6.07) is 11.4. The summed E-state index contributed by atoms with van der Waals surface area (Å²) >= 11 is 0. The van der Waals surface area contributed by atoms with Gasteiger partial charge in [-0.2, -0.15) is 0 Å². The van der Waals surface area contributed by atoms with E-state index >= 15 is 0 Å². The number of aromatic nitrogens is 1. The molecule has 0 saturated heterocycles. The Hall–Kier alpha value is -3.00. The maximum absolute atomic E-state index is 13.5. The minimum absolute atomic E-state index is 0.00770. The largest absolute Gasteiger partial charge is 0.364 e. The lowest BCUT2D eigenvalue weighted by Crippen LogP contribution is -2.22. The number of nitrogens with two attached hydrogens (primary N) is 1. The molecule has 0 radical (unpaired) electrons. The Morgan fingerprint density at radius 1 is 0.960 bits per heavy atom. The summed E-state index contributed by atoms with van der Waals surface area (Å²) in [6.07, 6.45) is 1.13. The highest BCUT2D eigenvalue weighted by Crippen LogP contribution is 2.29. The van der Waals surface area contributed by atoms with Gasteiger partial charge in [0.25, 0.3) is 15.9 Å². The number of rotatable bonds is 4. The van der Waals surface area contributed by atoms with E-state index in [-0.39, 0.29) is 21.7 Å². The van der Waals surface area contributed by atoms with Gasteiger partial charge in [-0.25, -0.2) is 21.2 Å². The van der Waals surface area contributed by atoms with E-state index in [2.05, 4.69) is 0 Å². The van der Waals surface area contributed by atoms with Gasteiger partial charge >= 0.3 is 0 Å². The van der Waals surface area contributed by atoms with Gasteiger partial charge in [0.1, 0.15) is 17.3 Å². The van der Waals surface area contributed by atoms with Crippen molar-refractivity contribution in [1.29, 1.82) is 0 Å². The molecule has 1 amide bonds. The maximum atomic E-state index is 13.5. The van der Waals surface area contributed by atoms with Gasteiger partial charge in [-0.15, -0.1) is 0 Å². The van der Waals surface area contributed by atoms with Gasteiger partial charge < -0.3 is 5.73 Å². The first-order chi connectivity index (χ1) is 11.8. The van der Waals surface area contributed by atoms with Crippen LogP contribution in [-0.2, 0) is 10.0 Å². The maximum Gasteiger partial charge on any atom is 0.268 e. The van der Waals surface area contributed by atoms with E-state index in [1.54, 1.807) is 6.07 Å². The molecule has 2 N–H and O–H groups in total. The molecular formula is C17H12F2N2O3S. The summed E-state index contributed by atoms with van der Waals surface area (Å²) in [7, 11) is -4.09. The summed E-state index contributed by atoms with van der Waals surface area (Å²) in [4.78, 5) is 11.8. The molecule has 3 rings (SSSR count). The van der Waals surface area contributed by atoms with E-state index < -0.39 is 27.6 Å². The van der Waals surface area contributed by atoms with Gasteiger partial charge in [-0.3, -0.25) is 4.79 Å². The van der Waals surface area contributed by atoms with Crippen molar-refractivity contribution < 1.29 is 22.0 Å². The second-order valence-corrected chi connectivity index (χ2v) is 7.03. The predicted molar refractivity (Wildman–Crippen MR) is 87.3 cm³/mol. The third-order valence-corrected chi connectivity index (χ3v) is 5.25. The molecule has 0 bridgehead atoms. The minimum Gasteiger partial charge on any atom is -0.364 e. The van der Waals surface area contributed by atoms with Gasteiger partial charge in [0.15, 0.2) is 0 Å². The molecular weight excluding hydrogens is 350 g/mol. The zero-order valence-electron chi connectivity index (χ0n) is 12.7. The summed E-state index contributed by atoms with van der Waals surface area (Å²) in [5, 5.41) is 0. The van der Waals surface area contributed by atoms with Crippen LogP contribution >= 0.6 is 0 Å². The lowest BCUT2D eigenvalue weighted by Gasteiger charge is -2.10. The van der Waals surface area contributed by atoms with Crippen molar-refractivity contribution in [2.75, 3.05) is 0 Å². The number of carbonyl (C=O) groups excluding carboxylic acids is 1. The molecule has 5 nitrogen and oxygen atoms in total. The fourth-order valence-electron chi connectivity index (χ4n) is 2.50. The fourth-order valence-corrected chi connectivity index (χ4v) is 3.88. The molecule has 0 atom stereocenters. The standard InChI is InChI=1S/C17H12F2N2O3S/c18-12-8-11(9-13(19)10-12)15-6-7-21(16(15)17(20)22)25(23,24)14-4-2-1-3-5-14/h1-10H,(H2,20,22). The number of carbonyl (C=O) groups is 1. The number of hydrogen-bond donors (Lipinski definition) is 1. The Bertz CT molecular complexity index is 1040. The zero-order chi connectivity index (χ0) is 18.2. The summed E-state index contributed by atoms with van der Waals surface area (Å²) in [5.74, 6) is -2.75. The molecule has 8 heteroatoms. The van der Waals surface area contributed by atoms with Crippen LogP contribution in [0.2, 0.25) is 0 Å². The van der Waals surface area contributed by atoms with E-state index in [0.29, 0.717) is 10.0 Å². The van der Waals surface area contributed by atoms with Crippen LogP contribution in [0, 0.1) is 11.6 Å². The number of benzene rings is 2. The third-order valence-electron chi connectivity index (χ3n) is 3.56. The molecule has 0 saturated carbocycles. The van der Waals surface area contributed by atoms with Crippen LogP contribution in [0.4, 0.5) is 8.78 Å². The van der Waals surface area contributed by atoms with Crippen LogP contribution in [-0.4, -0.2) is 18.3 Å². The van der Waals surface area contributed by atoms with Crippen molar-refractivity contribution in [1.82, 2.24) is 3.97 Å². The van der Waals surface area contributed by atoms with Crippen LogP contribution in [0.3, 0.4) is 0 Å². The zero-order valence-corrected chi connectivity index (χ0v) is 13.5. The SMILES string of the molecule is NC(=O)c1c(-c2cc(F)cc(F)c2)ccn1S(=O)(=O)c1ccccc1. The van der Waals surface area contributed by atoms with Crippen molar-refractivity contribution in [3.8, 4) is 11.1 Å². The van der Waals surface area contributed by atoms with Crippen LogP contribution < -0.4 is 5.73 Å². The fraction of sp³-hybridized carbons (Fsp3) is 0. The highest BCUT2D eigenvalue weighted by atomic mass is 32.2. The van der Waals surface area contributed by atoms with Crippen molar-refractivity contribution in [3.05, 3.63) is 78.1 Å². The summed E-state index contributed by atoms with van der Waals surface area (Å²) in [5.41, 5.74) is 4.98. The van der Waals surface area contributed by atoms with Gasteiger partial charge in [0.05, 0.1) is 4.90 Å². The molecule has 0 aliphatic carbocycles. The van der Waals surface area contributed by atoms with Gasteiger partial charge in [-0.05, 0) is 35.9 Å². The highest BCUT2D eigenvalue weighted by molar-refractivity contribution is 7.90. The second-order valence-electron chi connectivity index (χ2n) is 5.21. The Kier molecular flexibility index (Phi) is 4.13. The Balaban J connectivity index is 2.25. The van der Waals surface area contributed by atoms with Gasteiger partial charge in [0, 0.05) is 17.8 Å². The molecule has 2 aromatic carbocycles. The lowest BCUT2D eigenvalue weighted by atomic mass is 10.1. The molecule has 0 unspecified atom stereocenters. The monoisotopic (exact) mass is 362 g/mol. The average Bonchev–Trinajstić information content (AvgIpc) is 3.01. The number of hydrogen-bond acceptors (Lipinski definition) is 3. The normalized spacial score (nSPS) is 11.4. The van der Waals surface area contributed by atoms with E-state index in [1.807, 2.05) is 0 Å². The van der Waals surface area contributed by atoms with Crippen LogP contribution in [0.15, 0.2) is 65.7 Å². The first-order valence-electron chi connectivity index (χ1n) is 7.09. The van der Waals surface area contributed by atoms with Crippen molar-refractivity contribution in [2.45, 2.75) is 4.90 Å². The lowest BCUT2D eigenvalue weighted by molar-refractivity contribution is 0.0995. The molecule has 0 aliphatic rings. The number of halogens is 2. The first kappa shape index (κ1) is 16.8. The molecule has 25 heavy (non-hydrogen) atoms. The Morgan fingerprint density at radius 2 is 1.56 bits per heavy atom. The smallest absolute Gasteiger partial charge is 0.268 e. The molecule has 0 aliphatic heterocycles. The van der Waals surface area contributed by atoms with Gasteiger partial charge in [-0.1, -0.05) is 18.2 Å². The van der Waals surface area contributed by atoms with Crippen LogP contribution in [0.1, 0.15) is 10.5 Å². The summed E-state index contributed by atoms with van der Waals surface area (Å²) < 4.78 is 53.1. The molecule has 1 heterocycles. The van der Waals surface area contributed by atoms with Crippen LogP contribution in [0.5, 0.6) is 0 Å². The van der Waals surface area contributed by atoms with E-state index in [0.717, 1.165) is 18.3 Å². The highest BCUT2D eigenvalue weighted by Gasteiger charge is 2.25. The van der Waals surface area contributed by atoms with Crippen molar-refractivity contribution in [2.24, 2.45) is 5.73 Å². The van der Waals surface area contributed by atoms with Crippen LogP contribution in [0.25, 0.3) is 11.1 Å². The van der Waals surface area contributed by atoms with Crippen molar-refractivity contribution in [3.63, 3.8) is 0 Å². The van der Waals surface area contributed by atoms with Crippen molar-refractivity contribution >= 4 is 15.9 Å². The number of primary amides is 1. The topological polar surface area (TPSA) is 82.2 Å². The quantitative estimate of drug-likeness (QED) is 0.775. The van der Waals surface area contributed by atoms with Gasteiger partial charge in [0.2, 0.25) is 0 Å². The third kappa shape index (κ3) is 3.03. The van der Waals surface area contributed by atoms with E-state index in [4.69, 9.17) is 5.73 Å². The number of nitrogens with zero attached hydrogens (tertiary/aromatic N) is 1. The van der Waals surface area contributed by atoms with E-state index in [1.165, 1.54) is 30.3 Å². The first-order valence-corrected chi connectivity index (χ1v) is 8.53. The molecule has 128 valence electrons. The molecule has 0 spiro atoms. The molecule has 1 aromatic heterocycles. The van der Waals surface area contributed by atoms with E-state index in [9.17, 15) is 22.0 Å². The Labute approximate surface area is 142 Å². The minimum atomic E-state index is -4.09. The average molecular weight is 362 g/mol. The predicted octanol–water partition coefficient (Wildman–Crippen LogP) is 2.77. The summed E-state index contributed by atoms with van der Waals surface area (Å²) in [6.45, 7) is 0. The molecule has 0 fully saturated rings. The Morgan fingerprint density at radius 3 is 2.12 bits per heavy atom. The second kappa shape index (κ2) is 6.14. The molecule has 3 aromatic rings.